The van der Waals surface area contributed by atoms with Gasteiger partial charge in [0.2, 0.25) is 0 Å². The molecule has 2 aromatic carbocycles. The Balaban J connectivity index is 1.71. The minimum atomic E-state index is -0.00124. The van der Waals surface area contributed by atoms with Crippen LogP contribution in [0.15, 0.2) is 41.8 Å². The molecule has 0 aliphatic heterocycles. The smallest absolute Gasteiger partial charge is 0.254 e. The van der Waals surface area contributed by atoms with E-state index in [1.807, 2.05) is 34.5 Å². The molecule has 3 rings (SSSR count). The number of aromatic nitrogens is 1. The van der Waals surface area contributed by atoms with Gasteiger partial charge in [0.25, 0.3) is 5.91 Å². The fourth-order valence-electron chi connectivity index (χ4n) is 3.50. The maximum atomic E-state index is 13.2. The number of hydrogen-bond acceptors (Lipinski definition) is 5. The van der Waals surface area contributed by atoms with Gasteiger partial charge < -0.3 is 14.4 Å². The van der Waals surface area contributed by atoms with E-state index in [1.165, 1.54) is 11.1 Å². The molecule has 0 N–H and O–H groups in total. The van der Waals surface area contributed by atoms with E-state index in [1.54, 1.807) is 18.4 Å². The molecule has 0 saturated heterocycles. The largest absolute Gasteiger partial charge is 0.497 e. The molecular weight excluding hydrogens is 420 g/mol. The molecule has 0 aliphatic rings. The van der Waals surface area contributed by atoms with Crippen LogP contribution in [0.3, 0.4) is 0 Å². The zero-order chi connectivity index (χ0) is 23.3. The summed E-state index contributed by atoms with van der Waals surface area (Å²) in [5.74, 6) is 1.63. The molecule has 1 heterocycles. The number of thiazole rings is 1. The van der Waals surface area contributed by atoms with Gasteiger partial charge in [-0.2, -0.15) is 0 Å². The lowest BCUT2D eigenvalue weighted by molar-refractivity contribution is 0.0669. The predicted octanol–water partition coefficient (Wildman–Crippen LogP) is 6.10. The molecule has 0 saturated carbocycles. The number of aryl methyl sites for hydroxylation is 2. The summed E-state index contributed by atoms with van der Waals surface area (Å²) < 4.78 is 11.3. The molecule has 3 aromatic rings. The predicted molar refractivity (Wildman–Crippen MR) is 130 cm³/mol. The second-order valence-corrected chi connectivity index (χ2v) is 9.09. The summed E-state index contributed by atoms with van der Waals surface area (Å²) in [7, 11) is 1.62. The van der Waals surface area contributed by atoms with Crippen LogP contribution >= 0.6 is 11.3 Å². The van der Waals surface area contributed by atoms with Crippen molar-refractivity contribution in [3.05, 3.63) is 74.7 Å². The Kier molecular flexibility index (Phi) is 7.91. The molecule has 0 aliphatic carbocycles. The van der Waals surface area contributed by atoms with Crippen molar-refractivity contribution in [3.8, 4) is 11.5 Å². The molecule has 1 atom stereocenters. The molecule has 0 bridgehead atoms. The molecule has 32 heavy (non-hydrogen) atoms. The Morgan fingerprint density at radius 2 is 1.88 bits per heavy atom. The van der Waals surface area contributed by atoms with Crippen LogP contribution < -0.4 is 9.47 Å². The maximum absolute atomic E-state index is 13.2. The molecule has 0 radical (unpaired) electrons. The molecule has 0 spiro atoms. The Morgan fingerprint density at radius 1 is 1.16 bits per heavy atom. The Hall–Kier alpha value is -2.86. The number of benzene rings is 2. The maximum Gasteiger partial charge on any atom is 0.254 e. The van der Waals surface area contributed by atoms with Crippen molar-refractivity contribution in [2.75, 3.05) is 7.11 Å². The lowest BCUT2D eigenvalue weighted by atomic mass is 10.1. The average Bonchev–Trinajstić information content (AvgIpc) is 3.25. The van der Waals surface area contributed by atoms with Crippen molar-refractivity contribution in [3.63, 3.8) is 0 Å². The fourth-order valence-corrected chi connectivity index (χ4v) is 4.20. The summed E-state index contributed by atoms with van der Waals surface area (Å²) in [6, 6.07) is 11.6. The van der Waals surface area contributed by atoms with Gasteiger partial charge in [-0.05, 0) is 81.1 Å². The van der Waals surface area contributed by atoms with Crippen molar-refractivity contribution in [2.45, 2.75) is 60.2 Å². The Bertz CT molecular complexity index is 1060. The summed E-state index contributed by atoms with van der Waals surface area (Å²) >= 11 is 1.57. The van der Waals surface area contributed by atoms with E-state index in [0.29, 0.717) is 18.7 Å². The van der Waals surface area contributed by atoms with Gasteiger partial charge in [-0.15, -0.1) is 11.3 Å². The summed E-state index contributed by atoms with van der Waals surface area (Å²) in [5, 5.41) is 2.92. The van der Waals surface area contributed by atoms with E-state index in [9.17, 15) is 4.79 Å². The first-order valence-electron chi connectivity index (χ1n) is 10.9. The Labute approximate surface area is 195 Å². The van der Waals surface area contributed by atoms with Gasteiger partial charge >= 0.3 is 0 Å². The summed E-state index contributed by atoms with van der Waals surface area (Å²) in [6.07, 6.45) is 0.869. The zero-order valence-electron chi connectivity index (χ0n) is 19.8. The van der Waals surface area contributed by atoms with Gasteiger partial charge in [0.1, 0.15) is 23.1 Å². The molecule has 1 unspecified atom stereocenters. The lowest BCUT2D eigenvalue weighted by Gasteiger charge is -2.28. The van der Waals surface area contributed by atoms with Crippen LogP contribution in [-0.2, 0) is 13.2 Å². The van der Waals surface area contributed by atoms with Gasteiger partial charge in [-0.3, -0.25) is 4.79 Å². The average molecular weight is 453 g/mol. The van der Waals surface area contributed by atoms with Crippen molar-refractivity contribution in [1.29, 1.82) is 0 Å². The molecular formula is C26H32N2O3S. The molecule has 6 heteroatoms. The first-order valence-corrected chi connectivity index (χ1v) is 11.8. The second kappa shape index (κ2) is 10.6. The highest BCUT2D eigenvalue weighted by atomic mass is 32.1. The molecule has 0 fully saturated rings. The quantitative estimate of drug-likeness (QED) is 0.394. The van der Waals surface area contributed by atoms with Gasteiger partial charge in [-0.1, -0.05) is 13.0 Å². The first-order chi connectivity index (χ1) is 15.3. The van der Waals surface area contributed by atoms with E-state index in [-0.39, 0.29) is 11.9 Å². The third-order valence-corrected chi connectivity index (χ3v) is 6.64. The lowest BCUT2D eigenvalue weighted by Crippen LogP contribution is -2.37. The first kappa shape index (κ1) is 23.8. The van der Waals surface area contributed by atoms with Gasteiger partial charge in [0.15, 0.2) is 0 Å². The van der Waals surface area contributed by atoms with Gasteiger partial charge in [0, 0.05) is 17.0 Å². The third kappa shape index (κ3) is 5.68. The minimum Gasteiger partial charge on any atom is -0.497 e. The number of amides is 1. The number of hydrogen-bond donors (Lipinski definition) is 0. The standard InChI is InChI=1S/C26H32N2O3S/c1-7-19(4)28(26(29)21-8-10-23(30-6)11-9-21)14-22-16-32-25(27-22)15-31-24-13-17(2)12-18(3)20(24)5/h8-13,16,19H,7,14-15H2,1-6H3. The summed E-state index contributed by atoms with van der Waals surface area (Å²) in [6.45, 7) is 11.3. The van der Waals surface area contributed by atoms with Crippen LogP contribution in [0.25, 0.3) is 0 Å². The number of carbonyl (C=O) groups is 1. The highest BCUT2D eigenvalue weighted by molar-refractivity contribution is 7.09. The number of carbonyl (C=O) groups excluding carboxylic acids is 1. The van der Waals surface area contributed by atoms with Crippen LogP contribution in [0.5, 0.6) is 11.5 Å². The second-order valence-electron chi connectivity index (χ2n) is 8.15. The monoisotopic (exact) mass is 452 g/mol. The minimum absolute atomic E-state index is 0.00124. The fraction of sp³-hybridized carbons (Fsp3) is 0.385. The van der Waals surface area contributed by atoms with E-state index in [2.05, 4.69) is 46.8 Å². The SMILES string of the molecule is CCC(C)N(Cc1csc(COc2cc(C)cc(C)c2C)n1)C(=O)c1ccc(OC)cc1. The highest BCUT2D eigenvalue weighted by Gasteiger charge is 2.22. The molecule has 170 valence electrons. The van der Waals surface area contributed by atoms with Crippen molar-refractivity contribution in [1.82, 2.24) is 9.88 Å². The Morgan fingerprint density at radius 3 is 2.53 bits per heavy atom. The van der Waals surface area contributed by atoms with E-state index >= 15 is 0 Å². The molecule has 1 amide bonds. The normalized spacial score (nSPS) is 11.8. The van der Waals surface area contributed by atoms with Crippen molar-refractivity contribution < 1.29 is 14.3 Å². The molecule has 1 aromatic heterocycles. The number of ether oxygens (including phenoxy) is 2. The highest BCUT2D eigenvalue weighted by Crippen LogP contribution is 2.25. The number of methoxy groups -OCH3 is 1. The number of rotatable bonds is 9. The van der Waals surface area contributed by atoms with Crippen molar-refractivity contribution in [2.24, 2.45) is 0 Å². The van der Waals surface area contributed by atoms with Crippen LogP contribution in [0.1, 0.15) is 58.0 Å². The number of nitrogens with zero attached hydrogens (tertiary/aromatic N) is 2. The van der Waals surface area contributed by atoms with Crippen LogP contribution in [-0.4, -0.2) is 28.9 Å². The van der Waals surface area contributed by atoms with Crippen LogP contribution in [0.2, 0.25) is 0 Å². The topological polar surface area (TPSA) is 51.7 Å². The van der Waals surface area contributed by atoms with E-state index < -0.39 is 0 Å². The molecule has 5 nitrogen and oxygen atoms in total. The van der Waals surface area contributed by atoms with Gasteiger partial charge in [0.05, 0.1) is 19.3 Å². The van der Waals surface area contributed by atoms with Crippen LogP contribution in [0.4, 0.5) is 0 Å². The van der Waals surface area contributed by atoms with Crippen molar-refractivity contribution >= 4 is 17.2 Å². The van der Waals surface area contributed by atoms with E-state index in [0.717, 1.165) is 34.2 Å². The summed E-state index contributed by atoms with van der Waals surface area (Å²) in [4.78, 5) is 19.8. The summed E-state index contributed by atoms with van der Waals surface area (Å²) in [5.41, 5.74) is 5.09. The van der Waals surface area contributed by atoms with Crippen LogP contribution in [0, 0.1) is 20.8 Å². The zero-order valence-corrected chi connectivity index (χ0v) is 20.6. The van der Waals surface area contributed by atoms with E-state index in [4.69, 9.17) is 14.5 Å². The third-order valence-electron chi connectivity index (χ3n) is 5.77. The van der Waals surface area contributed by atoms with Gasteiger partial charge in [-0.25, -0.2) is 4.98 Å².